The summed E-state index contributed by atoms with van der Waals surface area (Å²) in [7, 11) is 0. The fourth-order valence-corrected chi connectivity index (χ4v) is 3.27. The van der Waals surface area contributed by atoms with E-state index in [1.807, 2.05) is 0 Å². The number of carboxylic acid groups (broad SMARTS) is 1. The topological polar surface area (TPSA) is 91.3 Å². The fraction of sp³-hybridized carbons (Fsp3) is 0.263. The quantitative estimate of drug-likeness (QED) is 0.833. The summed E-state index contributed by atoms with van der Waals surface area (Å²) in [6.07, 6.45) is -0.700. The predicted molar refractivity (Wildman–Crippen MR) is 94.1 cm³/mol. The molecule has 0 spiro atoms. The summed E-state index contributed by atoms with van der Waals surface area (Å²) in [4.78, 5) is 23.3. The van der Waals surface area contributed by atoms with Gasteiger partial charge in [0, 0.05) is 11.6 Å². The van der Waals surface area contributed by atoms with Crippen LogP contribution in [0.5, 0.6) is 23.0 Å². The van der Waals surface area contributed by atoms with Gasteiger partial charge in [0.2, 0.25) is 6.79 Å². The molecule has 0 amide bonds. The number of halogens is 1. The third-order valence-corrected chi connectivity index (χ3v) is 4.62. The molecule has 2 aromatic rings. The van der Waals surface area contributed by atoms with Crippen LogP contribution in [0.15, 0.2) is 30.3 Å². The van der Waals surface area contributed by atoms with Crippen LogP contribution in [-0.4, -0.2) is 30.3 Å². The van der Waals surface area contributed by atoms with Crippen LogP contribution in [0, 0.1) is 0 Å². The number of rotatable bonds is 5. The first-order chi connectivity index (χ1) is 13.0. The van der Waals surface area contributed by atoms with E-state index < -0.39 is 12.1 Å². The Morgan fingerprint density at radius 3 is 2.81 bits per heavy atom. The molecule has 140 valence electrons. The zero-order valence-corrected chi connectivity index (χ0v) is 14.8. The molecule has 2 aliphatic rings. The van der Waals surface area contributed by atoms with Gasteiger partial charge in [0.05, 0.1) is 30.0 Å². The third kappa shape index (κ3) is 3.38. The van der Waals surface area contributed by atoms with Gasteiger partial charge in [0.25, 0.3) is 0 Å². The standard InChI is InChI=1S/C19H15ClO7/c20-12-3-1-2-10-13(21)7-15(27-19(10)12)11-6-16-17(26-9-25-16)8-14(11)24-5-4-18(22)23/h1-3,6,8,15H,4-5,7,9H2,(H,22,23). The maximum atomic E-state index is 12.6. The summed E-state index contributed by atoms with van der Waals surface area (Å²) in [6.45, 7) is 0.0481. The molecule has 0 aliphatic carbocycles. The summed E-state index contributed by atoms with van der Waals surface area (Å²) in [5, 5.41) is 9.18. The molecule has 7 nitrogen and oxygen atoms in total. The van der Waals surface area contributed by atoms with E-state index in [0.717, 1.165) is 0 Å². The van der Waals surface area contributed by atoms with E-state index in [0.29, 0.717) is 39.1 Å². The van der Waals surface area contributed by atoms with E-state index in [1.165, 1.54) is 0 Å². The van der Waals surface area contributed by atoms with Crippen molar-refractivity contribution in [1.29, 1.82) is 0 Å². The highest BCUT2D eigenvalue weighted by molar-refractivity contribution is 6.32. The van der Waals surface area contributed by atoms with Crippen LogP contribution in [0.25, 0.3) is 0 Å². The monoisotopic (exact) mass is 390 g/mol. The molecule has 8 heteroatoms. The Bertz CT molecular complexity index is 925. The molecular formula is C19H15ClO7. The Morgan fingerprint density at radius 2 is 2.04 bits per heavy atom. The summed E-state index contributed by atoms with van der Waals surface area (Å²) < 4.78 is 22.4. The number of carbonyl (C=O) groups excluding carboxylic acids is 1. The molecule has 1 N–H and O–H groups in total. The van der Waals surface area contributed by atoms with Gasteiger partial charge in [-0.05, 0) is 18.2 Å². The molecule has 27 heavy (non-hydrogen) atoms. The number of aliphatic carboxylic acids is 1. The fourth-order valence-electron chi connectivity index (χ4n) is 3.05. The van der Waals surface area contributed by atoms with Crippen LogP contribution in [0.2, 0.25) is 5.02 Å². The van der Waals surface area contributed by atoms with Crippen molar-refractivity contribution < 1.29 is 33.6 Å². The highest BCUT2D eigenvalue weighted by Crippen LogP contribution is 2.45. The lowest BCUT2D eigenvalue weighted by Crippen LogP contribution is -2.21. The smallest absolute Gasteiger partial charge is 0.306 e. The van der Waals surface area contributed by atoms with Gasteiger partial charge in [0.15, 0.2) is 17.3 Å². The van der Waals surface area contributed by atoms with Gasteiger partial charge in [-0.25, -0.2) is 0 Å². The highest BCUT2D eigenvalue weighted by atomic mass is 35.5. The lowest BCUT2D eigenvalue weighted by Gasteiger charge is -2.27. The van der Waals surface area contributed by atoms with Crippen molar-refractivity contribution in [3.05, 3.63) is 46.5 Å². The van der Waals surface area contributed by atoms with Crippen LogP contribution in [-0.2, 0) is 4.79 Å². The maximum absolute atomic E-state index is 12.6. The average molecular weight is 391 g/mol. The SMILES string of the molecule is O=C(O)CCOc1cc2c(cc1C1CC(=O)c3cccc(Cl)c3O1)OCO2. The lowest BCUT2D eigenvalue weighted by atomic mass is 9.95. The summed E-state index contributed by atoms with van der Waals surface area (Å²) >= 11 is 6.19. The van der Waals surface area contributed by atoms with E-state index in [9.17, 15) is 9.59 Å². The molecule has 0 bridgehead atoms. The van der Waals surface area contributed by atoms with Gasteiger partial charge in [-0.1, -0.05) is 17.7 Å². The number of benzene rings is 2. The highest BCUT2D eigenvalue weighted by Gasteiger charge is 2.32. The number of Topliss-reactive ketones (excluding diaryl/α,β-unsaturated/α-hetero) is 1. The Kier molecular flexibility index (Phi) is 4.53. The number of hydrogen-bond donors (Lipinski definition) is 1. The van der Waals surface area contributed by atoms with Gasteiger partial charge < -0.3 is 24.1 Å². The first kappa shape index (κ1) is 17.5. The number of fused-ring (bicyclic) bond motifs is 2. The molecule has 0 radical (unpaired) electrons. The molecule has 1 unspecified atom stereocenters. The largest absolute Gasteiger partial charge is 0.492 e. The first-order valence-corrected chi connectivity index (χ1v) is 8.67. The van der Waals surface area contributed by atoms with Crippen molar-refractivity contribution in [2.75, 3.05) is 13.4 Å². The van der Waals surface area contributed by atoms with Gasteiger partial charge in [-0.2, -0.15) is 0 Å². The van der Waals surface area contributed by atoms with Crippen molar-refractivity contribution >= 4 is 23.4 Å². The number of hydrogen-bond acceptors (Lipinski definition) is 6. The molecule has 0 fully saturated rings. The second kappa shape index (κ2) is 7.00. The van der Waals surface area contributed by atoms with Crippen molar-refractivity contribution in [3.8, 4) is 23.0 Å². The number of carbonyl (C=O) groups is 2. The van der Waals surface area contributed by atoms with E-state index in [4.69, 9.17) is 35.7 Å². The predicted octanol–water partition coefficient (Wildman–Crippen LogP) is 3.63. The van der Waals surface area contributed by atoms with Crippen LogP contribution in [0.1, 0.15) is 34.9 Å². The second-order valence-electron chi connectivity index (χ2n) is 6.09. The van der Waals surface area contributed by atoms with Gasteiger partial charge in [0.1, 0.15) is 17.6 Å². The van der Waals surface area contributed by atoms with E-state index in [1.54, 1.807) is 30.3 Å². The van der Waals surface area contributed by atoms with E-state index in [-0.39, 0.29) is 32.0 Å². The maximum Gasteiger partial charge on any atom is 0.306 e. The summed E-state index contributed by atoms with van der Waals surface area (Å²) in [5.74, 6) is 0.643. The van der Waals surface area contributed by atoms with E-state index in [2.05, 4.69) is 0 Å². The normalized spacial score (nSPS) is 17.2. The Hall–Kier alpha value is -2.93. The van der Waals surface area contributed by atoms with Crippen molar-refractivity contribution in [1.82, 2.24) is 0 Å². The van der Waals surface area contributed by atoms with Crippen LogP contribution in [0.4, 0.5) is 0 Å². The Balaban J connectivity index is 1.69. The Morgan fingerprint density at radius 1 is 1.26 bits per heavy atom. The summed E-state index contributed by atoms with van der Waals surface area (Å²) in [5.41, 5.74) is 1.01. The van der Waals surface area contributed by atoms with Crippen molar-refractivity contribution in [2.45, 2.75) is 18.9 Å². The van der Waals surface area contributed by atoms with E-state index >= 15 is 0 Å². The minimum Gasteiger partial charge on any atom is -0.492 e. The number of ether oxygens (including phenoxy) is 4. The summed E-state index contributed by atoms with van der Waals surface area (Å²) in [6, 6.07) is 8.33. The number of carboxylic acids is 1. The second-order valence-corrected chi connectivity index (χ2v) is 6.49. The number of para-hydroxylation sites is 1. The molecule has 0 aromatic heterocycles. The Labute approximate surface area is 159 Å². The molecule has 0 saturated heterocycles. The average Bonchev–Trinajstić information content (AvgIpc) is 3.09. The molecule has 4 rings (SSSR count). The van der Waals surface area contributed by atoms with Gasteiger partial charge >= 0.3 is 5.97 Å². The van der Waals surface area contributed by atoms with Crippen LogP contribution < -0.4 is 18.9 Å². The minimum atomic E-state index is -0.970. The van der Waals surface area contributed by atoms with Gasteiger partial charge in [-0.15, -0.1) is 0 Å². The molecule has 2 aromatic carbocycles. The van der Waals surface area contributed by atoms with Crippen LogP contribution in [0.3, 0.4) is 0 Å². The van der Waals surface area contributed by atoms with Crippen molar-refractivity contribution in [2.24, 2.45) is 0 Å². The molecule has 0 saturated carbocycles. The third-order valence-electron chi connectivity index (χ3n) is 4.32. The molecule has 2 aliphatic heterocycles. The van der Waals surface area contributed by atoms with Gasteiger partial charge in [-0.3, -0.25) is 9.59 Å². The molecular weight excluding hydrogens is 376 g/mol. The number of ketones is 1. The molecule has 1 atom stereocenters. The minimum absolute atomic E-state index is 0.0278. The lowest BCUT2D eigenvalue weighted by molar-refractivity contribution is -0.137. The zero-order chi connectivity index (χ0) is 19.0. The van der Waals surface area contributed by atoms with Crippen molar-refractivity contribution in [3.63, 3.8) is 0 Å². The molecule has 2 heterocycles. The first-order valence-electron chi connectivity index (χ1n) is 8.29. The zero-order valence-electron chi connectivity index (χ0n) is 14.1. The van der Waals surface area contributed by atoms with Crippen LogP contribution >= 0.6 is 11.6 Å².